The molecule has 0 saturated carbocycles. The van der Waals surface area contributed by atoms with E-state index in [1.54, 1.807) is 31.4 Å². The minimum absolute atomic E-state index is 0.336. The molecule has 0 radical (unpaired) electrons. The molecule has 0 aliphatic rings. The lowest BCUT2D eigenvalue weighted by Gasteiger charge is -2.09. The zero-order valence-corrected chi connectivity index (χ0v) is 12.3. The molecule has 1 heterocycles. The number of anilines is 1. The second-order valence-electron chi connectivity index (χ2n) is 3.52. The van der Waals surface area contributed by atoms with Gasteiger partial charge in [-0.3, -0.25) is 9.48 Å². The number of rotatable bonds is 2. The van der Waals surface area contributed by atoms with Gasteiger partial charge in [0.25, 0.3) is 5.91 Å². The molecule has 2 aromatic rings. The van der Waals surface area contributed by atoms with Crippen molar-refractivity contribution in [2.45, 2.75) is 0 Å². The van der Waals surface area contributed by atoms with E-state index in [9.17, 15) is 4.79 Å². The van der Waals surface area contributed by atoms with Gasteiger partial charge < -0.3 is 5.32 Å². The molecule has 0 bridgehead atoms. The van der Waals surface area contributed by atoms with Gasteiger partial charge in [-0.15, -0.1) is 0 Å². The number of carbonyl (C=O) groups is 1. The summed E-state index contributed by atoms with van der Waals surface area (Å²) in [6.45, 7) is 0. The maximum Gasteiger partial charge on any atom is 0.275 e. The van der Waals surface area contributed by atoms with E-state index < -0.39 is 0 Å². The average Bonchev–Trinajstić information content (AvgIpc) is 2.64. The van der Waals surface area contributed by atoms with Crippen molar-refractivity contribution in [2.24, 2.45) is 7.05 Å². The van der Waals surface area contributed by atoms with Crippen LogP contribution in [0.3, 0.4) is 0 Å². The highest BCUT2D eigenvalue weighted by molar-refractivity contribution is 9.10. The molecule has 2 rings (SSSR count). The number of nitrogens with one attached hydrogen (secondary N) is 1. The quantitative estimate of drug-likeness (QED) is 0.898. The summed E-state index contributed by atoms with van der Waals surface area (Å²) in [6.07, 6.45) is 1.54. The molecule has 0 aliphatic heterocycles. The van der Waals surface area contributed by atoms with Crippen LogP contribution in [0.15, 0.2) is 28.9 Å². The van der Waals surface area contributed by atoms with Crippen LogP contribution < -0.4 is 5.32 Å². The van der Waals surface area contributed by atoms with E-state index in [4.69, 9.17) is 23.2 Å². The molecule has 4 nitrogen and oxygen atoms in total. The van der Waals surface area contributed by atoms with E-state index in [0.717, 1.165) is 0 Å². The second kappa shape index (κ2) is 5.30. The van der Waals surface area contributed by atoms with Gasteiger partial charge in [0.15, 0.2) is 0 Å². The maximum atomic E-state index is 12.1. The third-order valence-electron chi connectivity index (χ3n) is 2.31. The first-order valence-corrected chi connectivity index (χ1v) is 6.48. The number of aromatic nitrogens is 2. The predicted octanol–water partition coefficient (Wildman–Crippen LogP) is 3.74. The highest BCUT2D eigenvalue weighted by Gasteiger charge is 2.17. The smallest absolute Gasteiger partial charge is 0.275 e. The average molecular weight is 349 g/mol. The van der Waals surface area contributed by atoms with Crippen molar-refractivity contribution in [1.29, 1.82) is 0 Å². The van der Waals surface area contributed by atoms with Crippen LogP contribution in [0.25, 0.3) is 0 Å². The van der Waals surface area contributed by atoms with Crippen LogP contribution >= 0.6 is 39.1 Å². The molecule has 7 heteroatoms. The maximum absolute atomic E-state index is 12.1. The topological polar surface area (TPSA) is 46.9 Å². The summed E-state index contributed by atoms with van der Waals surface area (Å²) >= 11 is 15.2. The molecule has 0 aliphatic carbocycles. The van der Waals surface area contributed by atoms with Crippen LogP contribution in [0, 0.1) is 0 Å². The van der Waals surface area contributed by atoms with Gasteiger partial charge in [0.2, 0.25) is 0 Å². The van der Waals surface area contributed by atoms with Crippen LogP contribution in [0.4, 0.5) is 5.69 Å². The normalized spacial score (nSPS) is 10.4. The molecule has 0 unspecified atom stereocenters. The highest BCUT2D eigenvalue weighted by atomic mass is 79.9. The SMILES string of the molecule is Cn1ncc(Br)c1C(=O)Nc1c(Cl)cccc1Cl. The van der Waals surface area contributed by atoms with Crippen molar-refractivity contribution in [3.05, 3.63) is 44.6 Å². The Morgan fingerprint density at radius 2 is 2.00 bits per heavy atom. The molecule has 0 saturated heterocycles. The molecule has 1 N–H and O–H groups in total. The van der Waals surface area contributed by atoms with Gasteiger partial charge >= 0.3 is 0 Å². The fraction of sp³-hybridized carbons (Fsp3) is 0.0909. The number of hydrogen-bond acceptors (Lipinski definition) is 2. The summed E-state index contributed by atoms with van der Waals surface area (Å²) in [5, 5.41) is 7.40. The molecular weight excluding hydrogens is 341 g/mol. The van der Waals surface area contributed by atoms with E-state index in [1.165, 1.54) is 4.68 Å². The number of hydrogen-bond donors (Lipinski definition) is 1. The standard InChI is InChI=1S/C11H8BrCl2N3O/c1-17-10(6(12)5-15-17)11(18)16-9-7(13)3-2-4-8(9)14/h2-5H,1H3,(H,16,18). The van der Waals surface area contributed by atoms with E-state index in [-0.39, 0.29) is 5.91 Å². The van der Waals surface area contributed by atoms with Crippen molar-refractivity contribution in [3.8, 4) is 0 Å². The monoisotopic (exact) mass is 347 g/mol. The van der Waals surface area contributed by atoms with Gasteiger partial charge in [0.1, 0.15) is 5.69 Å². The lowest BCUT2D eigenvalue weighted by atomic mass is 10.3. The van der Waals surface area contributed by atoms with E-state index in [1.807, 2.05) is 0 Å². The molecular formula is C11H8BrCl2N3O. The molecule has 1 amide bonds. The summed E-state index contributed by atoms with van der Waals surface area (Å²) in [7, 11) is 1.67. The van der Waals surface area contributed by atoms with Crippen LogP contribution in [0.1, 0.15) is 10.5 Å². The highest BCUT2D eigenvalue weighted by Crippen LogP contribution is 2.30. The first-order valence-electron chi connectivity index (χ1n) is 4.93. The molecule has 0 fully saturated rings. The van der Waals surface area contributed by atoms with Crippen LogP contribution in [-0.2, 0) is 7.05 Å². The van der Waals surface area contributed by atoms with E-state index >= 15 is 0 Å². The zero-order chi connectivity index (χ0) is 13.3. The Morgan fingerprint density at radius 1 is 1.39 bits per heavy atom. The largest absolute Gasteiger partial charge is 0.318 e. The third kappa shape index (κ3) is 2.53. The lowest BCUT2D eigenvalue weighted by molar-refractivity contribution is 0.101. The van der Waals surface area contributed by atoms with Crippen molar-refractivity contribution in [2.75, 3.05) is 5.32 Å². The summed E-state index contributed by atoms with van der Waals surface area (Å²) in [4.78, 5) is 12.1. The molecule has 18 heavy (non-hydrogen) atoms. The van der Waals surface area contributed by atoms with Gasteiger partial charge in [-0.1, -0.05) is 29.3 Å². The Labute approximate surface area is 122 Å². The fourth-order valence-corrected chi connectivity index (χ4v) is 2.48. The molecule has 94 valence electrons. The Kier molecular flexibility index (Phi) is 3.94. The van der Waals surface area contributed by atoms with Gasteiger partial charge in [0.05, 0.1) is 26.4 Å². The Morgan fingerprint density at radius 3 is 2.50 bits per heavy atom. The Bertz CT molecular complexity index is 573. The molecule has 1 aromatic heterocycles. The lowest BCUT2D eigenvalue weighted by Crippen LogP contribution is -2.17. The number of benzene rings is 1. The summed E-state index contributed by atoms with van der Waals surface area (Å²) in [5.74, 6) is -0.336. The summed E-state index contributed by atoms with van der Waals surface area (Å²) in [6, 6.07) is 5.02. The number of aryl methyl sites for hydroxylation is 1. The molecule has 0 atom stereocenters. The number of para-hydroxylation sites is 1. The van der Waals surface area contributed by atoms with Gasteiger partial charge in [-0.2, -0.15) is 5.10 Å². The Hall–Kier alpha value is -1.04. The number of nitrogens with zero attached hydrogens (tertiary/aromatic N) is 2. The Balaban J connectivity index is 2.33. The second-order valence-corrected chi connectivity index (χ2v) is 5.18. The van der Waals surface area contributed by atoms with Crippen LogP contribution in [0.2, 0.25) is 10.0 Å². The first-order chi connectivity index (χ1) is 8.50. The number of halogens is 3. The minimum atomic E-state index is -0.336. The van der Waals surface area contributed by atoms with Gasteiger partial charge in [0, 0.05) is 7.05 Å². The number of amides is 1. The fourth-order valence-electron chi connectivity index (χ4n) is 1.46. The first kappa shape index (κ1) is 13.4. The van der Waals surface area contributed by atoms with E-state index in [2.05, 4.69) is 26.3 Å². The van der Waals surface area contributed by atoms with Crippen molar-refractivity contribution < 1.29 is 4.79 Å². The van der Waals surface area contributed by atoms with Crippen molar-refractivity contribution in [1.82, 2.24) is 9.78 Å². The van der Waals surface area contributed by atoms with Crippen LogP contribution in [0.5, 0.6) is 0 Å². The minimum Gasteiger partial charge on any atom is -0.318 e. The summed E-state index contributed by atoms with van der Waals surface area (Å²) < 4.78 is 2.06. The summed E-state index contributed by atoms with van der Waals surface area (Å²) in [5.41, 5.74) is 0.782. The van der Waals surface area contributed by atoms with E-state index in [0.29, 0.717) is 25.9 Å². The third-order valence-corrected chi connectivity index (χ3v) is 3.52. The van der Waals surface area contributed by atoms with Gasteiger partial charge in [-0.05, 0) is 28.1 Å². The van der Waals surface area contributed by atoms with Crippen LogP contribution in [-0.4, -0.2) is 15.7 Å². The number of carbonyl (C=O) groups excluding carboxylic acids is 1. The molecule has 0 spiro atoms. The van der Waals surface area contributed by atoms with Crippen molar-refractivity contribution >= 4 is 50.7 Å². The van der Waals surface area contributed by atoms with Gasteiger partial charge in [-0.25, -0.2) is 0 Å². The molecule has 1 aromatic carbocycles. The van der Waals surface area contributed by atoms with Crippen molar-refractivity contribution in [3.63, 3.8) is 0 Å². The predicted molar refractivity (Wildman–Crippen MR) is 75.3 cm³/mol. The zero-order valence-electron chi connectivity index (χ0n) is 9.25.